The van der Waals surface area contributed by atoms with Crippen LogP contribution in [-0.4, -0.2) is 53.2 Å². The number of likely N-dealkylation sites (tertiary alicyclic amines) is 1. The predicted octanol–water partition coefficient (Wildman–Crippen LogP) is 1.90. The smallest absolute Gasteiger partial charge is 0.108 e. The average molecular weight is 293 g/mol. The van der Waals surface area contributed by atoms with Crippen molar-refractivity contribution >= 4 is 0 Å². The van der Waals surface area contributed by atoms with Gasteiger partial charge in [0.05, 0.1) is 11.8 Å². The number of hydrogen-bond donors (Lipinski definition) is 0. The molecule has 1 aromatic heterocycles. The maximum atomic E-state index is 6.07. The number of hydrogen-bond acceptors (Lipinski definition) is 4. The van der Waals surface area contributed by atoms with Crippen LogP contribution in [0.25, 0.3) is 0 Å². The first kappa shape index (κ1) is 15.0. The Kier molecular flexibility index (Phi) is 4.08. The van der Waals surface area contributed by atoms with Gasteiger partial charge in [0.1, 0.15) is 5.60 Å². The van der Waals surface area contributed by atoms with Gasteiger partial charge in [-0.25, -0.2) is 0 Å². The van der Waals surface area contributed by atoms with Crippen molar-refractivity contribution in [1.82, 2.24) is 14.7 Å². The van der Waals surface area contributed by atoms with Crippen molar-refractivity contribution in [3.63, 3.8) is 0 Å². The van der Waals surface area contributed by atoms with Crippen LogP contribution in [0, 0.1) is 13.8 Å². The molecule has 5 nitrogen and oxygen atoms in total. The summed E-state index contributed by atoms with van der Waals surface area (Å²) in [4.78, 5) is 2.47. The van der Waals surface area contributed by atoms with Gasteiger partial charge in [-0.3, -0.25) is 9.58 Å². The summed E-state index contributed by atoms with van der Waals surface area (Å²) in [5.74, 6) is 0. The van der Waals surface area contributed by atoms with Crippen LogP contribution in [0.1, 0.15) is 36.7 Å². The zero-order chi connectivity index (χ0) is 15.0. The Morgan fingerprint density at radius 1 is 1.43 bits per heavy atom. The van der Waals surface area contributed by atoms with E-state index in [-0.39, 0.29) is 11.7 Å². The number of aryl methyl sites for hydroxylation is 2. The molecule has 0 unspecified atom stereocenters. The Labute approximate surface area is 127 Å². The van der Waals surface area contributed by atoms with Gasteiger partial charge in [-0.2, -0.15) is 5.10 Å². The second-order valence-electron chi connectivity index (χ2n) is 6.38. The maximum absolute atomic E-state index is 6.07. The minimum Gasteiger partial charge on any atom is -0.377 e. The van der Waals surface area contributed by atoms with Crippen molar-refractivity contribution in [3.8, 4) is 0 Å². The first-order valence-electron chi connectivity index (χ1n) is 8.01. The van der Waals surface area contributed by atoms with Gasteiger partial charge in [0.15, 0.2) is 0 Å². The fourth-order valence-electron chi connectivity index (χ4n) is 3.95. The lowest BCUT2D eigenvalue weighted by Gasteiger charge is -2.28. The maximum Gasteiger partial charge on any atom is 0.108 e. The molecule has 0 amide bonds. The Hall–Kier alpha value is -0.910. The number of ether oxygens (including phenoxy) is 2. The molecule has 0 saturated carbocycles. The highest BCUT2D eigenvalue weighted by Crippen LogP contribution is 2.37. The molecule has 2 fully saturated rings. The van der Waals surface area contributed by atoms with Gasteiger partial charge in [0, 0.05) is 51.2 Å². The Bertz CT molecular complexity index is 506. The SMILES string of the molecule is CCn1nc(C)c(CN2C[C@H](OC)[C@]3(CCCO3)C2)c1C. The van der Waals surface area contributed by atoms with Crippen molar-refractivity contribution in [2.45, 2.75) is 58.4 Å². The highest BCUT2D eigenvalue weighted by molar-refractivity contribution is 5.25. The second kappa shape index (κ2) is 5.71. The molecule has 118 valence electrons. The van der Waals surface area contributed by atoms with Crippen molar-refractivity contribution in [1.29, 1.82) is 0 Å². The molecule has 3 heterocycles. The molecule has 0 radical (unpaired) electrons. The van der Waals surface area contributed by atoms with Crippen LogP contribution in [-0.2, 0) is 22.6 Å². The van der Waals surface area contributed by atoms with Gasteiger partial charge in [-0.05, 0) is 33.6 Å². The molecule has 2 aliphatic rings. The van der Waals surface area contributed by atoms with E-state index in [4.69, 9.17) is 9.47 Å². The predicted molar refractivity (Wildman–Crippen MR) is 81.4 cm³/mol. The van der Waals surface area contributed by atoms with Gasteiger partial charge in [0.2, 0.25) is 0 Å². The Morgan fingerprint density at radius 2 is 2.24 bits per heavy atom. The molecular formula is C16H27N3O2. The van der Waals surface area contributed by atoms with Crippen LogP contribution in [0.3, 0.4) is 0 Å². The molecule has 2 aliphatic heterocycles. The summed E-state index contributed by atoms with van der Waals surface area (Å²) in [6.45, 7) is 11.1. The number of rotatable bonds is 4. The van der Waals surface area contributed by atoms with Crippen LogP contribution in [0.2, 0.25) is 0 Å². The molecule has 0 aromatic carbocycles. The summed E-state index contributed by atoms with van der Waals surface area (Å²) in [5.41, 5.74) is 3.73. The minimum atomic E-state index is -0.0721. The van der Waals surface area contributed by atoms with E-state index >= 15 is 0 Å². The third-order valence-corrected chi connectivity index (χ3v) is 5.13. The van der Waals surface area contributed by atoms with Crippen LogP contribution in [0.5, 0.6) is 0 Å². The van der Waals surface area contributed by atoms with Crippen LogP contribution < -0.4 is 0 Å². The van der Waals surface area contributed by atoms with E-state index in [9.17, 15) is 0 Å². The Morgan fingerprint density at radius 3 is 2.81 bits per heavy atom. The van der Waals surface area contributed by atoms with Crippen LogP contribution in [0.15, 0.2) is 0 Å². The molecule has 2 saturated heterocycles. The highest BCUT2D eigenvalue weighted by atomic mass is 16.6. The summed E-state index contributed by atoms with van der Waals surface area (Å²) in [6, 6.07) is 0. The first-order chi connectivity index (χ1) is 10.1. The van der Waals surface area contributed by atoms with Gasteiger partial charge >= 0.3 is 0 Å². The zero-order valence-corrected chi connectivity index (χ0v) is 13.7. The standard InChI is InChI=1S/C16H27N3O2/c1-5-19-13(3)14(12(2)17-19)9-18-10-15(20-4)16(11-18)7-6-8-21-16/h15H,5-11H2,1-4H3/t15-,16-/m0/s1. The van der Waals surface area contributed by atoms with E-state index in [0.29, 0.717) is 0 Å². The molecule has 1 spiro atoms. The second-order valence-corrected chi connectivity index (χ2v) is 6.38. The van der Waals surface area contributed by atoms with E-state index in [1.807, 2.05) is 7.11 Å². The molecule has 2 atom stereocenters. The van der Waals surface area contributed by atoms with E-state index in [2.05, 4.69) is 35.5 Å². The van der Waals surface area contributed by atoms with Gasteiger partial charge < -0.3 is 9.47 Å². The van der Waals surface area contributed by atoms with Crippen molar-refractivity contribution in [2.75, 3.05) is 26.8 Å². The average Bonchev–Trinajstić information content (AvgIpc) is 3.15. The van der Waals surface area contributed by atoms with Gasteiger partial charge in [-0.15, -0.1) is 0 Å². The quantitative estimate of drug-likeness (QED) is 0.850. The lowest BCUT2D eigenvalue weighted by atomic mass is 9.96. The fourth-order valence-corrected chi connectivity index (χ4v) is 3.95. The highest BCUT2D eigenvalue weighted by Gasteiger charge is 2.50. The topological polar surface area (TPSA) is 39.5 Å². The third-order valence-electron chi connectivity index (χ3n) is 5.13. The molecule has 5 heteroatoms. The summed E-state index contributed by atoms with van der Waals surface area (Å²) < 4.78 is 13.9. The van der Waals surface area contributed by atoms with E-state index in [1.54, 1.807) is 0 Å². The number of nitrogens with zero attached hydrogens (tertiary/aromatic N) is 3. The summed E-state index contributed by atoms with van der Waals surface area (Å²) >= 11 is 0. The lowest BCUT2D eigenvalue weighted by Crippen LogP contribution is -2.41. The molecule has 1 aromatic rings. The first-order valence-corrected chi connectivity index (χ1v) is 8.01. The van der Waals surface area contributed by atoms with E-state index in [1.165, 1.54) is 11.3 Å². The minimum absolute atomic E-state index is 0.0721. The third kappa shape index (κ3) is 2.51. The van der Waals surface area contributed by atoms with Crippen molar-refractivity contribution < 1.29 is 9.47 Å². The van der Waals surface area contributed by atoms with Gasteiger partial charge in [-0.1, -0.05) is 0 Å². The number of aromatic nitrogens is 2. The fraction of sp³-hybridized carbons (Fsp3) is 0.812. The molecule has 0 aliphatic carbocycles. The van der Waals surface area contributed by atoms with Crippen LogP contribution in [0.4, 0.5) is 0 Å². The molecule has 21 heavy (non-hydrogen) atoms. The lowest BCUT2D eigenvalue weighted by molar-refractivity contribution is -0.0756. The van der Waals surface area contributed by atoms with Crippen molar-refractivity contribution in [3.05, 3.63) is 17.0 Å². The molecule has 0 N–H and O–H groups in total. The summed E-state index contributed by atoms with van der Waals surface area (Å²) in [6.07, 6.45) is 2.47. The summed E-state index contributed by atoms with van der Waals surface area (Å²) in [5, 5.41) is 4.63. The van der Waals surface area contributed by atoms with E-state index in [0.717, 1.165) is 51.3 Å². The molecule has 3 rings (SSSR count). The number of methoxy groups -OCH3 is 1. The van der Waals surface area contributed by atoms with Gasteiger partial charge in [0.25, 0.3) is 0 Å². The Balaban J connectivity index is 1.76. The van der Waals surface area contributed by atoms with E-state index < -0.39 is 0 Å². The largest absolute Gasteiger partial charge is 0.377 e. The van der Waals surface area contributed by atoms with Crippen molar-refractivity contribution in [2.24, 2.45) is 0 Å². The van der Waals surface area contributed by atoms with Crippen LogP contribution >= 0.6 is 0 Å². The normalized spacial score (nSPS) is 29.8. The molecule has 0 bridgehead atoms. The monoisotopic (exact) mass is 293 g/mol. The zero-order valence-electron chi connectivity index (χ0n) is 13.7. The summed E-state index contributed by atoms with van der Waals surface area (Å²) in [7, 11) is 1.81. The molecular weight excluding hydrogens is 266 g/mol.